The largest absolute Gasteiger partial charge is 0.389 e. The van der Waals surface area contributed by atoms with E-state index in [0.717, 1.165) is 29.8 Å². The summed E-state index contributed by atoms with van der Waals surface area (Å²) in [6.45, 7) is 5.18. The third-order valence-electron chi connectivity index (χ3n) is 2.93. The zero-order valence-electron chi connectivity index (χ0n) is 11.7. The van der Waals surface area contributed by atoms with Crippen molar-refractivity contribution in [1.29, 1.82) is 0 Å². The predicted octanol–water partition coefficient (Wildman–Crippen LogP) is 1.59. The first kappa shape index (κ1) is 15.4. The minimum Gasteiger partial charge on any atom is -0.389 e. The van der Waals surface area contributed by atoms with E-state index in [2.05, 4.69) is 12.2 Å². The first-order valence-corrected chi connectivity index (χ1v) is 6.77. The van der Waals surface area contributed by atoms with Crippen LogP contribution in [0.1, 0.15) is 24.5 Å². The number of nitrogens with one attached hydrogen (secondary N) is 1. The van der Waals surface area contributed by atoms with E-state index in [-0.39, 0.29) is 5.91 Å². The van der Waals surface area contributed by atoms with Crippen molar-refractivity contribution in [3.63, 3.8) is 0 Å². The number of likely N-dealkylation sites (N-methyl/N-ethyl adjacent to an activating group) is 1. The molecule has 104 valence electrons. The van der Waals surface area contributed by atoms with Gasteiger partial charge in [-0.1, -0.05) is 31.3 Å². The van der Waals surface area contributed by atoms with Crippen molar-refractivity contribution in [3.05, 3.63) is 29.3 Å². The lowest BCUT2D eigenvalue weighted by Gasteiger charge is -2.27. The molecule has 0 aliphatic rings. The summed E-state index contributed by atoms with van der Waals surface area (Å²) in [5.41, 5.74) is 8.64. The van der Waals surface area contributed by atoms with E-state index in [1.807, 2.05) is 30.0 Å². The zero-order chi connectivity index (χ0) is 14.4. The highest BCUT2D eigenvalue weighted by Crippen LogP contribution is 2.25. The van der Waals surface area contributed by atoms with Gasteiger partial charge in [0, 0.05) is 19.2 Å². The Kier molecular flexibility index (Phi) is 5.76. The number of anilines is 1. The molecule has 0 radical (unpaired) electrons. The predicted molar refractivity (Wildman–Crippen MR) is 83.6 cm³/mol. The van der Waals surface area contributed by atoms with Crippen LogP contribution in [0, 0.1) is 6.92 Å². The number of thiocarbonyl (C=S) groups is 1. The Morgan fingerprint density at radius 2 is 2.16 bits per heavy atom. The molecule has 1 amide bonds. The third-order valence-corrected chi connectivity index (χ3v) is 3.15. The van der Waals surface area contributed by atoms with E-state index in [1.165, 1.54) is 0 Å². The molecule has 0 heterocycles. The Morgan fingerprint density at radius 1 is 1.47 bits per heavy atom. The van der Waals surface area contributed by atoms with E-state index >= 15 is 0 Å². The summed E-state index contributed by atoms with van der Waals surface area (Å²) in [4.78, 5) is 14.0. The fourth-order valence-electron chi connectivity index (χ4n) is 2.07. The smallest absolute Gasteiger partial charge is 0.239 e. The second-order valence-electron chi connectivity index (χ2n) is 4.43. The molecule has 0 aromatic heterocycles. The van der Waals surface area contributed by atoms with Gasteiger partial charge in [0.2, 0.25) is 5.91 Å². The lowest BCUT2D eigenvalue weighted by Crippen LogP contribution is -2.37. The fourth-order valence-corrected chi connectivity index (χ4v) is 2.23. The molecule has 5 heteroatoms. The summed E-state index contributed by atoms with van der Waals surface area (Å²) in [6, 6.07) is 5.83. The molecule has 0 atom stereocenters. The summed E-state index contributed by atoms with van der Waals surface area (Å²) in [7, 11) is 1.64. The van der Waals surface area contributed by atoms with Crippen molar-refractivity contribution in [1.82, 2.24) is 5.32 Å². The number of amides is 1. The Bertz CT molecular complexity index is 474. The van der Waals surface area contributed by atoms with Gasteiger partial charge in [0.25, 0.3) is 0 Å². The second kappa shape index (κ2) is 7.09. The van der Waals surface area contributed by atoms with Crippen molar-refractivity contribution >= 4 is 28.8 Å². The van der Waals surface area contributed by atoms with Crippen LogP contribution in [0.3, 0.4) is 0 Å². The van der Waals surface area contributed by atoms with E-state index in [9.17, 15) is 4.79 Å². The topological polar surface area (TPSA) is 58.4 Å². The van der Waals surface area contributed by atoms with Crippen LogP contribution in [0.4, 0.5) is 5.69 Å². The molecule has 0 saturated carbocycles. The normalized spacial score (nSPS) is 10.1. The van der Waals surface area contributed by atoms with E-state index in [4.69, 9.17) is 18.0 Å². The molecular weight excluding hydrogens is 258 g/mol. The zero-order valence-corrected chi connectivity index (χ0v) is 12.5. The fraction of sp³-hybridized carbons (Fsp3) is 0.429. The standard InChI is InChI=1S/C14H21N3OS/c1-4-8-17(9-12(18)16-3)13-10(2)6-5-7-11(13)14(15)19/h5-7H,4,8-9H2,1-3H3,(H2,15,19)(H,16,18). The summed E-state index contributed by atoms with van der Waals surface area (Å²) in [5, 5.41) is 2.65. The van der Waals surface area contributed by atoms with Crippen LogP contribution in [-0.2, 0) is 4.79 Å². The molecule has 19 heavy (non-hydrogen) atoms. The number of benzene rings is 1. The van der Waals surface area contributed by atoms with Gasteiger partial charge in [0.1, 0.15) is 4.99 Å². The number of para-hydroxylation sites is 1. The van der Waals surface area contributed by atoms with Crippen LogP contribution >= 0.6 is 12.2 Å². The van der Waals surface area contributed by atoms with Crippen LogP contribution < -0.4 is 16.0 Å². The maximum Gasteiger partial charge on any atom is 0.239 e. The van der Waals surface area contributed by atoms with Gasteiger partial charge in [-0.25, -0.2) is 0 Å². The average Bonchev–Trinajstić information content (AvgIpc) is 2.37. The molecule has 0 fully saturated rings. The van der Waals surface area contributed by atoms with Crippen molar-refractivity contribution in [2.24, 2.45) is 5.73 Å². The average molecular weight is 279 g/mol. The Morgan fingerprint density at radius 3 is 2.68 bits per heavy atom. The van der Waals surface area contributed by atoms with Gasteiger partial charge in [0.15, 0.2) is 0 Å². The Hall–Kier alpha value is -1.62. The van der Waals surface area contributed by atoms with Gasteiger partial charge < -0.3 is 16.0 Å². The van der Waals surface area contributed by atoms with E-state index < -0.39 is 0 Å². The van der Waals surface area contributed by atoms with Gasteiger partial charge in [-0.3, -0.25) is 4.79 Å². The first-order chi connectivity index (χ1) is 9.01. The number of carbonyl (C=O) groups excluding carboxylic acids is 1. The van der Waals surface area contributed by atoms with Crippen LogP contribution in [0.2, 0.25) is 0 Å². The summed E-state index contributed by atoms with van der Waals surface area (Å²) in [5.74, 6) is -0.0226. The molecule has 4 nitrogen and oxygen atoms in total. The second-order valence-corrected chi connectivity index (χ2v) is 4.87. The summed E-state index contributed by atoms with van der Waals surface area (Å²) >= 11 is 5.11. The molecule has 3 N–H and O–H groups in total. The highest BCUT2D eigenvalue weighted by atomic mass is 32.1. The maximum atomic E-state index is 11.6. The van der Waals surface area contributed by atoms with Crippen molar-refractivity contribution in [2.45, 2.75) is 20.3 Å². The van der Waals surface area contributed by atoms with Gasteiger partial charge in [-0.05, 0) is 25.0 Å². The van der Waals surface area contributed by atoms with Gasteiger partial charge in [0.05, 0.1) is 12.2 Å². The quantitative estimate of drug-likeness (QED) is 0.777. The number of nitrogens with zero attached hydrogens (tertiary/aromatic N) is 1. The number of aryl methyl sites for hydroxylation is 1. The van der Waals surface area contributed by atoms with Crippen LogP contribution in [0.5, 0.6) is 0 Å². The molecular formula is C14H21N3OS. The monoisotopic (exact) mass is 279 g/mol. The van der Waals surface area contributed by atoms with Crippen molar-refractivity contribution in [3.8, 4) is 0 Å². The molecule has 1 rings (SSSR count). The number of carbonyl (C=O) groups is 1. The molecule has 1 aromatic rings. The highest BCUT2D eigenvalue weighted by molar-refractivity contribution is 7.80. The Labute approximate surface area is 120 Å². The molecule has 0 saturated heterocycles. The van der Waals surface area contributed by atoms with Gasteiger partial charge in [-0.2, -0.15) is 0 Å². The number of rotatable bonds is 6. The van der Waals surface area contributed by atoms with E-state index in [1.54, 1.807) is 7.05 Å². The molecule has 0 aliphatic heterocycles. The van der Waals surface area contributed by atoms with Crippen LogP contribution in [-0.4, -0.2) is 31.0 Å². The molecule has 1 aromatic carbocycles. The Balaban J connectivity index is 3.20. The van der Waals surface area contributed by atoms with Crippen LogP contribution in [0.15, 0.2) is 18.2 Å². The summed E-state index contributed by atoms with van der Waals surface area (Å²) in [6.07, 6.45) is 0.947. The minimum absolute atomic E-state index is 0.0226. The van der Waals surface area contributed by atoms with Crippen molar-refractivity contribution in [2.75, 3.05) is 25.0 Å². The molecule has 0 aliphatic carbocycles. The SMILES string of the molecule is CCCN(CC(=O)NC)c1c(C)cccc1C(N)=S. The van der Waals surface area contributed by atoms with E-state index in [0.29, 0.717) is 11.5 Å². The maximum absolute atomic E-state index is 11.6. The van der Waals surface area contributed by atoms with Crippen LogP contribution in [0.25, 0.3) is 0 Å². The molecule has 0 bridgehead atoms. The number of hydrogen-bond acceptors (Lipinski definition) is 3. The minimum atomic E-state index is -0.0226. The first-order valence-electron chi connectivity index (χ1n) is 6.36. The number of nitrogens with two attached hydrogens (primary N) is 1. The molecule has 0 unspecified atom stereocenters. The lowest BCUT2D eigenvalue weighted by molar-refractivity contribution is -0.119. The highest BCUT2D eigenvalue weighted by Gasteiger charge is 2.17. The lowest BCUT2D eigenvalue weighted by atomic mass is 10.1. The third kappa shape index (κ3) is 3.92. The summed E-state index contributed by atoms with van der Waals surface area (Å²) < 4.78 is 0. The molecule has 0 spiro atoms. The van der Waals surface area contributed by atoms with Gasteiger partial charge >= 0.3 is 0 Å². The van der Waals surface area contributed by atoms with Crippen molar-refractivity contribution < 1.29 is 4.79 Å². The number of hydrogen-bond donors (Lipinski definition) is 2. The van der Waals surface area contributed by atoms with Gasteiger partial charge in [-0.15, -0.1) is 0 Å².